The molecule has 1 aliphatic carbocycles. The molecule has 0 atom stereocenters. The second-order valence-electron chi connectivity index (χ2n) is 5.89. The summed E-state index contributed by atoms with van der Waals surface area (Å²) in [5, 5.41) is 0. The number of anilines is 1. The molecule has 0 heterocycles. The van der Waals surface area contributed by atoms with Crippen molar-refractivity contribution >= 4 is 15.7 Å². The van der Waals surface area contributed by atoms with Gasteiger partial charge >= 0.3 is 0 Å². The summed E-state index contributed by atoms with van der Waals surface area (Å²) in [5.74, 6) is 0.327. The number of rotatable bonds is 6. The van der Waals surface area contributed by atoms with E-state index in [-0.39, 0.29) is 10.3 Å². The SMILES string of the molecule is CCC1(CNS(=O)(=O)c2cc(N)c(C)cc2OC)CCC1. The van der Waals surface area contributed by atoms with Gasteiger partial charge in [0, 0.05) is 12.2 Å². The number of benzene rings is 1. The number of hydrogen-bond donors (Lipinski definition) is 2. The van der Waals surface area contributed by atoms with Crippen molar-refractivity contribution in [1.29, 1.82) is 0 Å². The largest absolute Gasteiger partial charge is 0.495 e. The number of methoxy groups -OCH3 is 1. The van der Waals surface area contributed by atoms with E-state index < -0.39 is 10.0 Å². The third-order valence-corrected chi connectivity index (χ3v) is 6.07. The zero-order valence-electron chi connectivity index (χ0n) is 12.9. The Morgan fingerprint density at radius 3 is 2.52 bits per heavy atom. The Morgan fingerprint density at radius 1 is 1.38 bits per heavy atom. The maximum Gasteiger partial charge on any atom is 0.244 e. The summed E-state index contributed by atoms with van der Waals surface area (Å²) in [6.07, 6.45) is 4.33. The molecule has 0 unspecified atom stereocenters. The molecule has 21 heavy (non-hydrogen) atoms. The summed E-state index contributed by atoms with van der Waals surface area (Å²) < 4.78 is 33.0. The first-order valence-electron chi connectivity index (χ1n) is 7.27. The van der Waals surface area contributed by atoms with Crippen LogP contribution in [0.4, 0.5) is 5.69 Å². The molecule has 0 bridgehead atoms. The third kappa shape index (κ3) is 3.16. The minimum Gasteiger partial charge on any atom is -0.495 e. The molecule has 6 heteroatoms. The van der Waals surface area contributed by atoms with Crippen LogP contribution in [-0.4, -0.2) is 22.1 Å². The van der Waals surface area contributed by atoms with Crippen molar-refractivity contribution in [1.82, 2.24) is 4.72 Å². The quantitative estimate of drug-likeness (QED) is 0.791. The molecule has 0 saturated heterocycles. The molecule has 2 rings (SSSR count). The molecule has 1 aromatic carbocycles. The maximum atomic E-state index is 12.5. The molecule has 118 valence electrons. The molecule has 1 aliphatic rings. The highest BCUT2D eigenvalue weighted by molar-refractivity contribution is 7.89. The first kappa shape index (κ1) is 16.1. The van der Waals surface area contributed by atoms with Gasteiger partial charge in [0.25, 0.3) is 0 Å². The molecule has 0 radical (unpaired) electrons. The summed E-state index contributed by atoms with van der Waals surface area (Å²) in [7, 11) is -2.16. The van der Waals surface area contributed by atoms with Crippen LogP contribution in [0.15, 0.2) is 17.0 Å². The van der Waals surface area contributed by atoms with Gasteiger partial charge in [-0.25, -0.2) is 13.1 Å². The zero-order chi connectivity index (χ0) is 15.7. The summed E-state index contributed by atoms with van der Waals surface area (Å²) in [6.45, 7) is 4.41. The second kappa shape index (κ2) is 5.85. The molecule has 0 aliphatic heterocycles. The van der Waals surface area contributed by atoms with Crippen molar-refractivity contribution in [3.63, 3.8) is 0 Å². The lowest BCUT2D eigenvalue weighted by Crippen LogP contribution is -2.41. The molecule has 0 aromatic heterocycles. The van der Waals surface area contributed by atoms with E-state index in [1.807, 2.05) is 6.92 Å². The number of nitrogen functional groups attached to an aromatic ring is 1. The summed E-state index contributed by atoms with van der Waals surface area (Å²) in [5.41, 5.74) is 7.21. The minimum absolute atomic E-state index is 0.110. The predicted molar refractivity (Wildman–Crippen MR) is 83.9 cm³/mol. The maximum absolute atomic E-state index is 12.5. The molecule has 1 saturated carbocycles. The highest BCUT2D eigenvalue weighted by Gasteiger charge is 2.36. The van der Waals surface area contributed by atoms with E-state index in [0.717, 1.165) is 24.8 Å². The highest BCUT2D eigenvalue weighted by atomic mass is 32.2. The van der Waals surface area contributed by atoms with E-state index in [4.69, 9.17) is 10.5 Å². The Labute approximate surface area is 126 Å². The standard InChI is InChI=1S/C15H24N2O3S/c1-4-15(6-5-7-15)10-17-21(18,19)14-9-12(16)11(2)8-13(14)20-3/h8-9,17H,4-7,10,16H2,1-3H3. The van der Waals surface area contributed by atoms with Crippen LogP contribution in [-0.2, 0) is 10.0 Å². The first-order chi connectivity index (χ1) is 9.83. The fraction of sp³-hybridized carbons (Fsp3) is 0.600. The van der Waals surface area contributed by atoms with E-state index in [0.29, 0.717) is 18.0 Å². The van der Waals surface area contributed by atoms with Gasteiger partial charge < -0.3 is 10.5 Å². The Bertz CT molecular complexity index is 617. The molecule has 1 aromatic rings. The lowest BCUT2D eigenvalue weighted by atomic mass is 9.67. The topological polar surface area (TPSA) is 81.4 Å². The number of nitrogens with one attached hydrogen (secondary N) is 1. The van der Waals surface area contributed by atoms with Crippen LogP contribution >= 0.6 is 0 Å². The van der Waals surface area contributed by atoms with Crippen LogP contribution < -0.4 is 15.2 Å². The third-order valence-electron chi connectivity index (χ3n) is 4.64. The number of ether oxygens (including phenoxy) is 1. The Kier molecular flexibility index (Phi) is 4.49. The lowest BCUT2D eigenvalue weighted by Gasteiger charge is -2.41. The average molecular weight is 312 g/mol. The van der Waals surface area contributed by atoms with E-state index in [1.54, 1.807) is 6.07 Å². The molecular weight excluding hydrogens is 288 g/mol. The van der Waals surface area contributed by atoms with Gasteiger partial charge in [0.15, 0.2) is 0 Å². The zero-order valence-corrected chi connectivity index (χ0v) is 13.7. The molecule has 1 fully saturated rings. The van der Waals surface area contributed by atoms with Crippen LogP contribution in [0.1, 0.15) is 38.2 Å². The second-order valence-corrected chi connectivity index (χ2v) is 7.63. The van der Waals surface area contributed by atoms with Crippen LogP contribution in [0.2, 0.25) is 0 Å². The summed E-state index contributed by atoms with van der Waals surface area (Å²) >= 11 is 0. The first-order valence-corrected chi connectivity index (χ1v) is 8.76. The monoisotopic (exact) mass is 312 g/mol. The number of sulfonamides is 1. The van der Waals surface area contributed by atoms with E-state index in [2.05, 4.69) is 11.6 Å². The van der Waals surface area contributed by atoms with Crippen molar-refractivity contribution < 1.29 is 13.2 Å². The minimum atomic E-state index is -3.62. The fourth-order valence-corrected chi connectivity index (χ4v) is 4.05. The van der Waals surface area contributed by atoms with Gasteiger partial charge in [0.1, 0.15) is 10.6 Å². The summed E-state index contributed by atoms with van der Waals surface area (Å²) in [4.78, 5) is 0.110. The number of aryl methyl sites for hydroxylation is 1. The van der Waals surface area contributed by atoms with Gasteiger partial charge in [-0.2, -0.15) is 0 Å². The van der Waals surface area contributed by atoms with Crippen molar-refractivity contribution in [2.75, 3.05) is 19.4 Å². The lowest BCUT2D eigenvalue weighted by molar-refractivity contribution is 0.133. The van der Waals surface area contributed by atoms with Gasteiger partial charge in [-0.15, -0.1) is 0 Å². The van der Waals surface area contributed by atoms with Crippen LogP contribution in [0.5, 0.6) is 5.75 Å². The normalized spacial score (nSPS) is 17.3. The number of hydrogen-bond acceptors (Lipinski definition) is 4. The van der Waals surface area contributed by atoms with Crippen molar-refractivity contribution in [2.45, 2.75) is 44.4 Å². The molecule has 0 spiro atoms. The molecule has 0 amide bonds. The van der Waals surface area contributed by atoms with Crippen LogP contribution in [0.3, 0.4) is 0 Å². The fourth-order valence-electron chi connectivity index (χ4n) is 2.70. The van der Waals surface area contributed by atoms with Gasteiger partial charge in [-0.3, -0.25) is 0 Å². The molecule has 3 N–H and O–H groups in total. The Balaban J connectivity index is 2.25. The van der Waals surface area contributed by atoms with Gasteiger partial charge in [0.05, 0.1) is 7.11 Å². The van der Waals surface area contributed by atoms with Crippen LogP contribution in [0.25, 0.3) is 0 Å². The average Bonchev–Trinajstić information content (AvgIpc) is 2.40. The van der Waals surface area contributed by atoms with Gasteiger partial charge in [0.2, 0.25) is 10.0 Å². The van der Waals surface area contributed by atoms with Crippen molar-refractivity contribution in [2.24, 2.45) is 5.41 Å². The van der Waals surface area contributed by atoms with Crippen molar-refractivity contribution in [3.8, 4) is 5.75 Å². The summed E-state index contributed by atoms with van der Waals surface area (Å²) in [6, 6.07) is 3.12. The number of nitrogens with two attached hydrogens (primary N) is 1. The van der Waals surface area contributed by atoms with Gasteiger partial charge in [-0.05, 0) is 49.3 Å². The smallest absolute Gasteiger partial charge is 0.244 e. The van der Waals surface area contributed by atoms with Crippen LogP contribution in [0, 0.1) is 12.3 Å². The predicted octanol–water partition coefficient (Wildman–Crippen LogP) is 2.44. The van der Waals surface area contributed by atoms with Crippen molar-refractivity contribution in [3.05, 3.63) is 17.7 Å². The Hall–Kier alpha value is -1.27. The van der Waals surface area contributed by atoms with E-state index in [1.165, 1.54) is 19.6 Å². The van der Waals surface area contributed by atoms with Gasteiger partial charge in [-0.1, -0.05) is 13.3 Å². The van der Waals surface area contributed by atoms with E-state index >= 15 is 0 Å². The Morgan fingerprint density at radius 2 is 2.05 bits per heavy atom. The molecule has 5 nitrogen and oxygen atoms in total. The highest BCUT2D eigenvalue weighted by Crippen LogP contribution is 2.43. The molecular formula is C15H24N2O3S. The van der Waals surface area contributed by atoms with E-state index in [9.17, 15) is 8.42 Å².